The number of halogens is 3. The largest absolute Gasteiger partial charge is 0.465 e. The van der Waals surface area contributed by atoms with Crippen molar-refractivity contribution in [2.24, 2.45) is 0 Å². The number of ether oxygens (including phenoxy) is 1. The van der Waals surface area contributed by atoms with E-state index in [0.717, 1.165) is 16.2 Å². The fraction of sp³-hybridized carbons (Fsp3) is 0.538. The van der Waals surface area contributed by atoms with Crippen LogP contribution in [0, 0.1) is 0 Å². The van der Waals surface area contributed by atoms with E-state index in [4.69, 9.17) is 5.11 Å². The maximum atomic E-state index is 12.5. The highest BCUT2D eigenvalue weighted by molar-refractivity contribution is 7.12. The molecular formula is C13H17F3N2O4S. The summed E-state index contributed by atoms with van der Waals surface area (Å²) in [6.07, 6.45) is -4.33. The van der Waals surface area contributed by atoms with Crippen molar-refractivity contribution in [2.75, 3.05) is 38.7 Å². The average Bonchev–Trinajstić information content (AvgIpc) is 2.90. The third kappa shape index (κ3) is 6.97. The van der Waals surface area contributed by atoms with E-state index in [-0.39, 0.29) is 30.1 Å². The van der Waals surface area contributed by atoms with E-state index in [1.165, 1.54) is 13.2 Å². The number of thiophene rings is 1. The number of hydrogen-bond acceptors (Lipinski definition) is 6. The summed E-state index contributed by atoms with van der Waals surface area (Å²) in [5, 5.41) is 12.7. The number of carbonyl (C=O) groups is 2. The lowest BCUT2D eigenvalue weighted by Crippen LogP contribution is -2.40. The molecule has 0 aliphatic heterocycles. The van der Waals surface area contributed by atoms with Gasteiger partial charge < -0.3 is 15.2 Å². The number of aliphatic hydroxyl groups excluding tert-OH is 1. The van der Waals surface area contributed by atoms with Crippen LogP contribution in [0.3, 0.4) is 0 Å². The number of alkyl halides is 3. The van der Waals surface area contributed by atoms with Crippen LogP contribution in [-0.4, -0.2) is 61.4 Å². The fourth-order valence-electron chi connectivity index (χ4n) is 1.81. The Bertz CT molecular complexity index is 534. The number of aliphatic hydroxyl groups is 1. The molecule has 0 aromatic carbocycles. The van der Waals surface area contributed by atoms with Gasteiger partial charge in [-0.2, -0.15) is 13.2 Å². The first kappa shape index (κ1) is 19.4. The molecular weight excluding hydrogens is 337 g/mol. The van der Waals surface area contributed by atoms with E-state index in [2.05, 4.69) is 10.1 Å². The lowest BCUT2D eigenvalue weighted by molar-refractivity contribution is -0.148. The molecule has 1 aromatic rings. The molecule has 0 unspecified atom stereocenters. The van der Waals surface area contributed by atoms with E-state index < -0.39 is 31.1 Å². The summed E-state index contributed by atoms with van der Waals surface area (Å²) in [5.74, 6) is -1.32. The van der Waals surface area contributed by atoms with Crippen molar-refractivity contribution in [3.63, 3.8) is 0 Å². The Hall–Kier alpha value is -1.65. The van der Waals surface area contributed by atoms with Crippen molar-refractivity contribution in [3.8, 4) is 0 Å². The molecule has 0 aliphatic rings. The summed E-state index contributed by atoms with van der Waals surface area (Å²) < 4.78 is 42.0. The van der Waals surface area contributed by atoms with Gasteiger partial charge in [0.15, 0.2) is 0 Å². The van der Waals surface area contributed by atoms with Crippen LogP contribution in [-0.2, 0) is 9.53 Å². The minimum atomic E-state index is -4.45. The summed E-state index contributed by atoms with van der Waals surface area (Å²) >= 11 is 1.05. The molecule has 0 aliphatic carbocycles. The SMILES string of the molecule is COC(=O)c1sccc1NC(=O)CN(CCCO)CC(F)(F)F. The highest BCUT2D eigenvalue weighted by Crippen LogP contribution is 2.23. The highest BCUT2D eigenvalue weighted by Gasteiger charge is 2.31. The first-order chi connectivity index (χ1) is 10.8. The van der Waals surface area contributed by atoms with Gasteiger partial charge in [0.2, 0.25) is 5.91 Å². The highest BCUT2D eigenvalue weighted by atomic mass is 32.1. The molecule has 0 fully saturated rings. The summed E-state index contributed by atoms with van der Waals surface area (Å²) in [7, 11) is 1.19. The number of nitrogens with zero attached hydrogens (tertiary/aromatic N) is 1. The van der Waals surface area contributed by atoms with Crippen LogP contribution in [0.4, 0.5) is 18.9 Å². The van der Waals surface area contributed by atoms with Gasteiger partial charge in [-0.15, -0.1) is 11.3 Å². The van der Waals surface area contributed by atoms with Crippen LogP contribution in [0.5, 0.6) is 0 Å². The van der Waals surface area contributed by atoms with E-state index in [0.29, 0.717) is 0 Å². The number of amides is 1. The van der Waals surface area contributed by atoms with Crippen molar-refractivity contribution in [3.05, 3.63) is 16.3 Å². The van der Waals surface area contributed by atoms with Gasteiger partial charge in [-0.25, -0.2) is 4.79 Å². The zero-order chi connectivity index (χ0) is 17.5. The van der Waals surface area contributed by atoms with Gasteiger partial charge in [0.1, 0.15) is 4.88 Å². The molecule has 1 rings (SSSR count). The topological polar surface area (TPSA) is 78.9 Å². The normalized spacial score (nSPS) is 11.6. The molecule has 130 valence electrons. The van der Waals surface area contributed by atoms with Gasteiger partial charge in [0, 0.05) is 13.2 Å². The molecule has 1 heterocycles. The minimum Gasteiger partial charge on any atom is -0.465 e. The first-order valence-corrected chi connectivity index (χ1v) is 7.50. The van der Waals surface area contributed by atoms with Crippen molar-refractivity contribution in [2.45, 2.75) is 12.6 Å². The molecule has 0 saturated heterocycles. The average molecular weight is 354 g/mol. The summed E-state index contributed by atoms with van der Waals surface area (Å²) in [4.78, 5) is 24.4. The van der Waals surface area contributed by atoms with Gasteiger partial charge in [-0.05, 0) is 17.9 Å². The van der Waals surface area contributed by atoms with E-state index >= 15 is 0 Å². The number of methoxy groups -OCH3 is 1. The van der Waals surface area contributed by atoms with Crippen LogP contribution < -0.4 is 5.32 Å². The summed E-state index contributed by atoms with van der Waals surface area (Å²) in [6.45, 7) is -2.10. The molecule has 6 nitrogen and oxygen atoms in total. The predicted octanol–water partition coefficient (Wildman–Crippen LogP) is 1.72. The Morgan fingerprint density at radius 2 is 2.13 bits per heavy atom. The van der Waals surface area contributed by atoms with Crippen LogP contribution in [0.15, 0.2) is 11.4 Å². The Morgan fingerprint density at radius 1 is 1.43 bits per heavy atom. The van der Waals surface area contributed by atoms with Gasteiger partial charge >= 0.3 is 12.1 Å². The second-order valence-corrected chi connectivity index (χ2v) is 5.52. The molecule has 0 spiro atoms. The second kappa shape index (κ2) is 8.85. The van der Waals surface area contributed by atoms with Crippen molar-refractivity contribution in [1.29, 1.82) is 0 Å². The zero-order valence-electron chi connectivity index (χ0n) is 12.4. The summed E-state index contributed by atoms with van der Waals surface area (Å²) in [5.41, 5.74) is 0.195. The quantitative estimate of drug-likeness (QED) is 0.695. The maximum absolute atomic E-state index is 12.5. The van der Waals surface area contributed by atoms with Crippen LogP contribution in [0.2, 0.25) is 0 Å². The molecule has 10 heteroatoms. The Labute approximate surface area is 134 Å². The van der Waals surface area contributed by atoms with Crippen molar-refractivity contribution >= 4 is 28.9 Å². The van der Waals surface area contributed by atoms with Crippen LogP contribution >= 0.6 is 11.3 Å². The molecule has 0 atom stereocenters. The summed E-state index contributed by atoms with van der Waals surface area (Å²) in [6, 6.07) is 1.47. The third-order valence-corrected chi connectivity index (χ3v) is 3.61. The number of esters is 1. The van der Waals surface area contributed by atoms with E-state index in [9.17, 15) is 22.8 Å². The van der Waals surface area contributed by atoms with Crippen molar-refractivity contribution in [1.82, 2.24) is 4.90 Å². The Kier molecular flexibility index (Phi) is 7.46. The van der Waals surface area contributed by atoms with Gasteiger partial charge in [0.25, 0.3) is 0 Å². The number of hydrogen-bond donors (Lipinski definition) is 2. The zero-order valence-corrected chi connectivity index (χ0v) is 13.2. The Balaban J connectivity index is 2.68. The maximum Gasteiger partial charge on any atom is 0.401 e. The monoisotopic (exact) mass is 354 g/mol. The van der Waals surface area contributed by atoms with Gasteiger partial charge in [-0.1, -0.05) is 0 Å². The fourth-order valence-corrected chi connectivity index (χ4v) is 2.58. The number of nitrogens with one attached hydrogen (secondary N) is 1. The van der Waals surface area contributed by atoms with Crippen molar-refractivity contribution < 1.29 is 32.6 Å². The lowest BCUT2D eigenvalue weighted by atomic mass is 10.3. The molecule has 1 amide bonds. The molecule has 23 heavy (non-hydrogen) atoms. The van der Waals surface area contributed by atoms with Crippen LogP contribution in [0.25, 0.3) is 0 Å². The molecule has 1 aromatic heterocycles. The van der Waals surface area contributed by atoms with E-state index in [1.54, 1.807) is 5.38 Å². The number of rotatable bonds is 8. The smallest absolute Gasteiger partial charge is 0.401 e. The van der Waals surface area contributed by atoms with Crippen LogP contribution in [0.1, 0.15) is 16.1 Å². The lowest BCUT2D eigenvalue weighted by Gasteiger charge is -2.22. The standard InChI is InChI=1S/C13H17F3N2O4S/c1-22-12(21)11-9(3-6-23-11)17-10(20)7-18(4-2-5-19)8-13(14,15)16/h3,6,19H,2,4-5,7-8H2,1H3,(H,17,20). The van der Waals surface area contributed by atoms with E-state index in [1.807, 2.05) is 0 Å². The third-order valence-electron chi connectivity index (χ3n) is 2.71. The molecule has 0 bridgehead atoms. The first-order valence-electron chi connectivity index (χ1n) is 6.62. The molecule has 0 saturated carbocycles. The number of anilines is 1. The predicted molar refractivity (Wildman–Crippen MR) is 78.5 cm³/mol. The second-order valence-electron chi connectivity index (χ2n) is 4.61. The number of carbonyl (C=O) groups excluding carboxylic acids is 2. The molecule has 2 N–H and O–H groups in total. The minimum absolute atomic E-state index is 0.0725. The van der Waals surface area contributed by atoms with Gasteiger partial charge in [0.05, 0.1) is 25.9 Å². The Morgan fingerprint density at radius 3 is 2.70 bits per heavy atom. The van der Waals surface area contributed by atoms with Gasteiger partial charge in [-0.3, -0.25) is 9.69 Å². The molecule has 0 radical (unpaired) electrons.